The van der Waals surface area contributed by atoms with Gasteiger partial charge in [0.05, 0.1) is 18.8 Å². The average Bonchev–Trinajstić information content (AvgIpc) is 2.68. The van der Waals surface area contributed by atoms with Gasteiger partial charge in [-0.1, -0.05) is 12.1 Å². The molecular weight excluding hydrogens is 334 g/mol. The monoisotopic (exact) mass is 355 g/mol. The molecule has 1 fully saturated rings. The third-order valence-electron chi connectivity index (χ3n) is 4.24. The zero-order valence-electron chi connectivity index (χ0n) is 14.3. The van der Waals surface area contributed by atoms with Crippen molar-refractivity contribution in [3.63, 3.8) is 0 Å². The first-order chi connectivity index (χ1) is 12.6. The van der Waals surface area contributed by atoms with Crippen LogP contribution in [0.3, 0.4) is 0 Å². The molecule has 1 heterocycles. The Morgan fingerprint density at radius 1 is 1.00 bits per heavy atom. The molecule has 0 aliphatic carbocycles. The molecule has 6 nitrogen and oxygen atoms in total. The van der Waals surface area contributed by atoms with Crippen LogP contribution in [0.2, 0.25) is 0 Å². The third-order valence-corrected chi connectivity index (χ3v) is 4.24. The fourth-order valence-electron chi connectivity index (χ4n) is 2.72. The predicted molar refractivity (Wildman–Crippen MR) is 95.5 cm³/mol. The zero-order chi connectivity index (χ0) is 18.4. The average molecular weight is 355 g/mol. The lowest BCUT2D eigenvalue weighted by Gasteiger charge is -2.23. The van der Waals surface area contributed by atoms with Gasteiger partial charge in [0, 0.05) is 24.9 Å². The molecule has 2 aromatic rings. The van der Waals surface area contributed by atoms with Crippen LogP contribution in [0.1, 0.15) is 39.1 Å². The van der Waals surface area contributed by atoms with Gasteiger partial charge in [-0.3, -0.25) is 4.79 Å². The number of carbonyl (C=O) groups is 2. The van der Waals surface area contributed by atoms with E-state index in [1.807, 2.05) is 0 Å². The Bertz CT molecular complexity index is 749. The Morgan fingerprint density at radius 2 is 1.62 bits per heavy atom. The lowest BCUT2D eigenvalue weighted by molar-refractivity contribution is 0.0255. The lowest BCUT2D eigenvalue weighted by Crippen LogP contribution is -2.26. The minimum absolute atomic E-state index is 0.164. The van der Waals surface area contributed by atoms with E-state index in [2.05, 4.69) is 5.32 Å². The summed E-state index contributed by atoms with van der Waals surface area (Å²) in [5.74, 6) is -0.411. The van der Waals surface area contributed by atoms with Crippen LogP contribution in [0.5, 0.6) is 5.75 Å². The highest BCUT2D eigenvalue weighted by Gasteiger charge is 2.15. The number of nitrogens with one attached hydrogen (secondary N) is 1. The van der Waals surface area contributed by atoms with Gasteiger partial charge in [-0.05, 0) is 42.0 Å². The lowest BCUT2D eigenvalue weighted by atomic mass is 10.1. The fourth-order valence-corrected chi connectivity index (χ4v) is 2.72. The third kappa shape index (κ3) is 4.83. The van der Waals surface area contributed by atoms with Crippen molar-refractivity contribution >= 4 is 11.9 Å². The molecule has 136 valence electrons. The van der Waals surface area contributed by atoms with E-state index in [4.69, 9.17) is 14.6 Å². The van der Waals surface area contributed by atoms with Crippen molar-refractivity contribution < 1.29 is 24.2 Å². The van der Waals surface area contributed by atoms with Crippen LogP contribution < -0.4 is 10.1 Å². The molecule has 1 aliphatic rings. The van der Waals surface area contributed by atoms with Crippen LogP contribution >= 0.6 is 0 Å². The summed E-state index contributed by atoms with van der Waals surface area (Å²) in [6.45, 7) is 1.77. The van der Waals surface area contributed by atoms with E-state index in [0.29, 0.717) is 12.1 Å². The Morgan fingerprint density at radius 3 is 2.23 bits per heavy atom. The maximum absolute atomic E-state index is 12.2. The number of benzene rings is 2. The number of carboxylic acid groups (broad SMARTS) is 1. The molecule has 2 aromatic carbocycles. The van der Waals surface area contributed by atoms with E-state index in [1.165, 1.54) is 12.1 Å². The van der Waals surface area contributed by atoms with Gasteiger partial charge in [-0.2, -0.15) is 0 Å². The van der Waals surface area contributed by atoms with E-state index in [-0.39, 0.29) is 17.6 Å². The maximum Gasteiger partial charge on any atom is 0.335 e. The van der Waals surface area contributed by atoms with Crippen molar-refractivity contribution in [2.75, 3.05) is 13.2 Å². The van der Waals surface area contributed by atoms with Crippen LogP contribution in [0.15, 0.2) is 48.5 Å². The second-order valence-corrected chi connectivity index (χ2v) is 6.14. The Kier molecular flexibility index (Phi) is 5.86. The van der Waals surface area contributed by atoms with Crippen LogP contribution in [0.25, 0.3) is 0 Å². The number of hydrogen-bond acceptors (Lipinski definition) is 4. The maximum atomic E-state index is 12.2. The highest BCUT2D eigenvalue weighted by atomic mass is 16.5. The number of rotatable bonds is 6. The molecular formula is C20H21NO5. The van der Waals surface area contributed by atoms with Gasteiger partial charge < -0.3 is 19.9 Å². The molecule has 2 N–H and O–H groups in total. The summed E-state index contributed by atoms with van der Waals surface area (Å²) >= 11 is 0. The van der Waals surface area contributed by atoms with Crippen molar-refractivity contribution in [3.8, 4) is 5.75 Å². The number of amides is 1. The molecule has 0 unspecified atom stereocenters. The highest BCUT2D eigenvalue weighted by Crippen LogP contribution is 2.18. The van der Waals surface area contributed by atoms with Crippen molar-refractivity contribution in [2.45, 2.75) is 25.5 Å². The summed E-state index contributed by atoms with van der Waals surface area (Å²) in [5, 5.41) is 11.7. The van der Waals surface area contributed by atoms with Gasteiger partial charge in [0.15, 0.2) is 0 Å². The van der Waals surface area contributed by atoms with Gasteiger partial charge in [0.25, 0.3) is 5.91 Å². The molecule has 1 saturated heterocycles. The minimum atomic E-state index is -0.969. The van der Waals surface area contributed by atoms with Crippen molar-refractivity contribution in [3.05, 3.63) is 65.2 Å². The summed E-state index contributed by atoms with van der Waals surface area (Å²) in [4.78, 5) is 23.1. The fraction of sp³-hybridized carbons (Fsp3) is 0.300. The van der Waals surface area contributed by atoms with Crippen LogP contribution in [0, 0.1) is 0 Å². The first kappa shape index (κ1) is 17.9. The minimum Gasteiger partial charge on any atom is -0.490 e. The van der Waals surface area contributed by atoms with Crippen LogP contribution in [0.4, 0.5) is 0 Å². The first-order valence-corrected chi connectivity index (χ1v) is 8.57. The molecule has 0 saturated carbocycles. The Balaban J connectivity index is 1.51. The molecule has 0 aromatic heterocycles. The number of carbonyl (C=O) groups excluding carboxylic acids is 1. The second kappa shape index (κ2) is 8.49. The van der Waals surface area contributed by atoms with Gasteiger partial charge in [0.2, 0.25) is 0 Å². The highest BCUT2D eigenvalue weighted by molar-refractivity contribution is 5.94. The number of carboxylic acids is 1. The molecule has 0 bridgehead atoms. The molecule has 3 rings (SSSR count). The van der Waals surface area contributed by atoms with E-state index < -0.39 is 5.97 Å². The van der Waals surface area contributed by atoms with Gasteiger partial charge in [-0.15, -0.1) is 0 Å². The Hall–Kier alpha value is -2.86. The van der Waals surface area contributed by atoms with E-state index in [1.54, 1.807) is 36.4 Å². The SMILES string of the molecule is O=C(O)c1ccc(CNC(=O)c2ccc(OC3CCOCC3)cc2)cc1. The van der Waals surface area contributed by atoms with Gasteiger partial charge in [-0.25, -0.2) is 4.79 Å². The zero-order valence-corrected chi connectivity index (χ0v) is 14.3. The van der Waals surface area contributed by atoms with E-state index in [9.17, 15) is 9.59 Å². The molecule has 0 atom stereocenters. The second-order valence-electron chi connectivity index (χ2n) is 6.14. The van der Waals surface area contributed by atoms with E-state index in [0.717, 1.165) is 37.4 Å². The smallest absolute Gasteiger partial charge is 0.335 e. The number of hydrogen-bond donors (Lipinski definition) is 2. The van der Waals surface area contributed by atoms with Crippen molar-refractivity contribution in [2.24, 2.45) is 0 Å². The molecule has 0 radical (unpaired) electrons. The number of aromatic carboxylic acids is 1. The van der Waals surface area contributed by atoms with E-state index >= 15 is 0 Å². The van der Waals surface area contributed by atoms with Crippen LogP contribution in [-0.2, 0) is 11.3 Å². The first-order valence-electron chi connectivity index (χ1n) is 8.57. The normalized spacial score (nSPS) is 14.6. The molecule has 0 spiro atoms. The number of ether oxygens (including phenoxy) is 2. The molecule has 26 heavy (non-hydrogen) atoms. The predicted octanol–water partition coefficient (Wildman–Crippen LogP) is 2.87. The van der Waals surface area contributed by atoms with Crippen molar-refractivity contribution in [1.82, 2.24) is 5.32 Å². The summed E-state index contributed by atoms with van der Waals surface area (Å²) in [6.07, 6.45) is 1.92. The largest absolute Gasteiger partial charge is 0.490 e. The molecule has 1 aliphatic heterocycles. The Labute approximate surface area is 151 Å². The summed E-state index contributed by atoms with van der Waals surface area (Å²) < 4.78 is 11.2. The molecule has 1 amide bonds. The molecule has 6 heteroatoms. The quantitative estimate of drug-likeness (QED) is 0.832. The summed E-state index contributed by atoms with van der Waals surface area (Å²) in [7, 11) is 0. The summed E-state index contributed by atoms with van der Waals surface area (Å²) in [5.41, 5.74) is 1.61. The van der Waals surface area contributed by atoms with Crippen LogP contribution in [-0.4, -0.2) is 36.3 Å². The van der Waals surface area contributed by atoms with Gasteiger partial charge in [0.1, 0.15) is 11.9 Å². The standard InChI is InChI=1S/C20H21NO5/c22-19(21-13-14-1-3-16(4-2-14)20(23)24)15-5-7-17(8-6-15)26-18-9-11-25-12-10-18/h1-8,18H,9-13H2,(H,21,22)(H,23,24). The topological polar surface area (TPSA) is 84.9 Å². The van der Waals surface area contributed by atoms with Gasteiger partial charge >= 0.3 is 5.97 Å². The van der Waals surface area contributed by atoms with Crippen molar-refractivity contribution in [1.29, 1.82) is 0 Å². The summed E-state index contributed by atoms with van der Waals surface area (Å²) in [6, 6.07) is 13.5.